The van der Waals surface area contributed by atoms with Crippen molar-refractivity contribution in [2.45, 2.75) is 31.8 Å². The lowest BCUT2D eigenvalue weighted by Crippen LogP contribution is -2.41. The second-order valence-electron chi connectivity index (χ2n) is 6.92. The summed E-state index contributed by atoms with van der Waals surface area (Å²) in [6.45, 7) is 3.39. The molecule has 4 rings (SSSR count). The predicted molar refractivity (Wildman–Crippen MR) is 102 cm³/mol. The lowest BCUT2D eigenvalue weighted by atomic mass is 10.0. The Hall–Kier alpha value is -2.60. The number of amides is 1. The maximum atomic E-state index is 13.6. The van der Waals surface area contributed by atoms with Crippen molar-refractivity contribution < 1.29 is 14.3 Å². The minimum absolute atomic E-state index is 0.0186. The Kier molecular flexibility index (Phi) is 5.53. The number of rotatable bonds is 4. The summed E-state index contributed by atoms with van der Waals surface area (Å²) in [6.07, 6.45) is 4.75. The number of hydrogen-bond acceptors (Lipinski definition) is 5. The first kappa shape index (κ1) is 17.8. The van der Waals surface area contributed by atoms with Crippen molar-refractivity contribution in [2.75, 3.05) is 26.3 Å². The van der Waals surface area contributed by atoms with Crippen LogP contribution in [0.3, 0.4) is 0 Å². The number of aromatic nitrogens is 1. The van der Waals surface area contributed by atoms with Crippen LogP contribution in [0.2, 0.25) is 0 Å². The average Bonchev–Trinajstić information content (AvgIpc) is 3.01. The topological polar surface area (TPSA) is 63.7 Å². The van der Waals surface area contributed by atoms with Gasteiger partial charge in [-0.3, -0.25) is 9.78 Å². The predicted octanol–water partition coefficient (Wildman–Crippen LogP) is 2.64. The van der Waals surface area contributed by atoms with Crippen LogP contribution in [0.15, 0.2) is 42.6 Å². The first-order valence-electron chi connectivity index (χ1n) is 9.63. The number of carbonyl (C=O) groups is 1. The molecule has 1 amide bonds. The fraction of sp³-hybridized carbons (Fsp3) is 0.429. The lowest BCUT2D eigenvalue weighted by molar-refractivity contribution is 0.0632. The fourth-order valence-corrected chi connectivity index (χ4v) is 3.74. The Morgan fingerprint density at radius 3 is 2.93 bits per heavy atom. The molecule has 1 N–H and O–H groups in total. The molecule has 0 spiro atoms. The molecule has 6 heteroatoms. The maximum Gasteiger partial charge on any atom is 0.258 e. The molecule has 3 heterocycles. The van der Waals surface area contributed by atoms with Gasteiger partial charge in [0.05, 0.1) is 17.8 Å². The van der Waals surface area contributed by atoms with E-state index in [1.54, 1.807) is 6.20 Å². The molecule has 1 unspecified atom stereocenters. The van der Waals surface area contributed by atoms with Gasteiger partial charge in [-0.2, -0.15) is 0 Å². The molecule has 142 valence electrons. The van der Waals surface area contributed by atoms with Crippen LogP contribution in [0.25, 0.3) is 0 Å². The largest absolute Gasteiger partial charge is 0.486 e. The highest BCUT2D eigenvalue weighted by molar-refractivity contribution is 5.98. The molecular weight excluding hydrogens is 342 g/mol. The van der Waals surface area contributed by atoms with Gasteiger partial charge in [0.15, 0.2) is 11.5 Å². The fourth-order valence-electron chi connectivity index (χ4n) is 3.74. The van der Waals surface area contributed by atoms with Crippen molar-refractivity contribution in [1.29, 1.82) is 0 Å². The number of para-hydroxylation sites is 1. The monoisotopic (exact) mass is 367 g/mol. The van der Waals surface area contributed by atoms with Crippen molar-refractivity contribution in [3.63, 3.8) is 0 Å². The van der Waals surface area contributed by atoms with E-state index in [2.05, 4.69) is 10.3 Å². The van der Waals surface area contributed by atoms with E-state index in [1.165, 1.54) is 0 Å². The van der Waals surface area contributed by atoms with Crippen molar-refractivity contribution >= 4 is 5.91 Å². The van der Waals surface area contributed by atoms with Gasteiger partial charge in [0.25, 0.3) is 5.91 Å². The number of nitrogens with one attached hydrogen (secondary N) is 1. The summed E-state index contributed by atoms with van der Waals surface area (Å²) >= 11 is 0. The zero-order valence-corrected chi connectivity index (χ0v) is 15.4. The summed E-state index contributed by atoms with van der Waals surface area (Å²) in [5, 5.41) is 3.43. The van der Waals surface area contributed by atoms with Gasteiger partial charge in [-0.25, -0.2) is 0 Å². The molecule has 1 atom stereocenters. The molecule has 0 radical (unpaired) electrons. The number of ether oxygens (including phenoxy) is 2. The van der Waals surface area contributed by atoms with E-state index >= 15 is 0 Å². The minimum Gasteiger partial charge on any atom is -0.486 e. The zero-order chi connectivity index (χ0) is 18.5. The first-order valence-corrected chi connectivity index (χ1v) is 9.63. The van der Waals surface area contributed by atoms with Gasteiger partial charge < -0.3 is 19.7 Å². The quantitative estimate of drug-likeness (QED) is 0.900. The Balaban J connectivity index is 1.66. The molecule has 2 aliphatic rings. The number of carbonyl (C=O) groups excluding carboxylic acids is 1. The third-order valence-corrected chi connectivity index (χ3v) is 5.10. The van der Waals surface area contributed by atoms with Crippen LogP contribution in [0.4, 0.5) is 0 Å². The molecule has 0 aliphatic carbocycles. The van der Waals surface area contributed by atoms with Gasteiger partial charge in [0.2, 0.25) is 0 Å². The normalized spacial score (nSPS) is 19.2. The standard InChI is InChI=1S/C21H25N3O3/c25-21(18-7-3-8-19-20(18)27-14-13-26-19)24(15-16-5-1-2-11-23-16)17-6-4-10-22-12-9-17/h1-3,5,7-8,11,17,22H,4,6,9-10,12-15H2. The van der Waals surface area contributed by atoms with Crippen LogP contribution in [-0.2, 0) is 6.54 Å². The summed E-state index contributed by atoms with van der Waals surface area (Å²) in [5.41, 5.74) is 1.46. The number of nitrogens with zero attached hydrogens (tertiary/aromatic N) is 2. The molecule has 1 aromatic heterocycles. The zero-order valence-electron chi connectivity index (χ0n) is 15.4. The van der Waals surface area contributed by atoms with Gasteiger partial charge in [0, 0.05) is 12.2 Å². The molecule has 1 aromatic carbocycles. The van der Waals surface area contributed by atoms with E-state index in [0.717, 1.165) is 38.0 Å². The maximum absolute atomic E-state index is 13.6. The third-order valence-electron chi connectivity index (χ3n) is 5.10. The first-order chi connectivity index (χ1) is 13.3. The number of benzene rings is 1. The SMILES string of the molecule is O=C(c1cccc2c1OCCO2)N(Cc1ccccn1)C1CCCNCC1. The summed E-state index contributed by atoms with van der Waals surface area (Å²) in [6, 6.07) is 11.5. The van der Waals surface area contributed by atoms with Gasteiger partial charge in [-0.1, -0.05) is 12.1 Å². The number of fused-ring (bicyclic) bond motifs is 1. The highest BCUT2D eigenvalue weighted by Crippen LogP contribution is 2.35. The Morgan fingerprint density at radius 2 is 2.04 bits per heavy atom. The van der Waals surface area contributed by atoms with Gasteiger partial charge in [-0.15, -0.1) is 0 Å². The minimum atomic E-state index is -0.0186. The van der Waals surface area contributed by atoms with Crippen molar-refractivity contribution in [3.8, 4) is 11.5 Å². The average molecular weight is 367 g/mol. The Labute approximate surface area is 159 Å². The van der Waals surface area contributed by atoms with Crippen molar-refractivity contribution in [3.05, 3.63) is 53.9 Å². The van der Waals surface area contributed by atoms with E-state index in [-0.39, 0.29) is 11.9 Å². The van der Waals surface area contributed by atoms with Crippen LogP contribution in [0.1, 0.15) is 35.3 Å². The van der Waals surface area contributed by atoms with Crippen molar-refractivity contribution in [2.24, 2.45) is 0 Å². The second kappa shape index (κ2) is 8.39. The molecule has 27 heavy (non-hydrogen) atoms. The number of hydrogen-bond donors (Lipinski definition) is 1. The Bertz CT molecular complexity index is 773. The van der Waals surface area contributed by atoms with Crippen molar-refractivity contribution in [1.82, 2.24) is 15.2 Å². The molecule has 0 bridgehead atoms. The second-order valence-corrected chi connectivity index (χ2v) is 6.92. The van der Waals surface area contributed by atoms with E-state index in [4.69, 9.17) is 9.47 Å². The van der Waals surface area contributed by atoms with Crippen LogP contribution >= 0.6 is 0 Å². The molecule has 1 fully saturated rings. The summed E-state index contributed by atoms with van der Waals surface area (Å²) in [5.74, 6) is 1.19. The molecule has 0 saturated carbocycles. The van der Waals surface area contributed by atoms with E-state index in [1.807, 2.05) is 41.3 Å². The van der Waals surface area contributed by atoms with E-state index in [9.17, 15) is 4.79 Å². The third kappa shape index (κ3) is 4.06. The van der Waals surface area contributed by atoms with Gasteiger partial charge in [0.1, 0.15) is 13.2 Å². The summed E-state index contributed by atoms with van der Waals surface area (Å²) in [7, 11) is 0. The summed E-state index contributed by atoms with van der Waals surface area (Å²) in [4.78, 5) is 20.0. The molecular formula is C21H25N3O3. The van der Waals surface area contributed by atoms with Crippen LogP contribution in [-0.4, -0.2) is 48.1 Å². The molecule has 2 aromatic rings. The lowest BCUT2D eigenvalue weighted by Gasteiger charge is -2.32. The van der Waals surface area contributed by atoms with Gasteiger partial charge >= 0.3 is 0 Å². The van der Waals surface area contributed by atoms with Crippen LogP contribution in [0.5, 0.6) is 11.5 Å². The smallest absolute Gasteiger partial charge is 0.258 e. The van der Waals surface area contributed by atoms with E-state index in [0.29, 0.717) is 36.8 Å². The highest BCUT2D eigenvalue weighted by Gasteiger charge is 2.29. The summed E-state index contributed by atoms with van der Waals surface area (Å²) < 4.78 is 11.4. The molecule has 1 saturated heterocycles. The van der Waals surface area contributed by atoms with Crippen LogP contribution < -0.4 is 14.8 Å². The van der Waals surface area contributed by atoms with E-state index < -0.39 is 0 Å². The number of pyridine rings is 1. The molecule has 6 nitrogen and oxygen atoms in total. The Morgan fingerprint density at radius 1 is 1.11 bits per heavy atom. The van der Waals surface area contributed by atoms with Gasteiger partial charge in [-0.05, 0) is 56.6 Å². The highest BCUT2D eigenvalue weighted by atomic mass is 16.6. The molecule has 2 aliphatic heterocycles. The van der Waals surface area contributed by atoms with Crippen LogP contribution in [0, 0.1) is 0 Å².